The Labute approximate surface area is 111 Å². The number of nitrogens with one attached hydrogen (secondary N) is 1. The Balaban J connectivity index is 2.21. The van der Waals surface area contributed by atoms with Gasteiger partial charge in [-0.25, -0.2) is 0 Å². The highest BCUT2D eigenvalue weighted by atomic mass is 15.2. The third kappa shape index (κ3) is 2.83. The van der Waals surface area contributed by atoms with E-state index < -0.39 is 0 Å². The first-order chi connectivity index (χ1) is 8.61. The lowest BCUT2D eigenvalue weighted by Crippen LogP contribution is -2.58. The molecule has 3 heteroatoms. The van der Waals surface area contributed by atoms with Crippen molar-refractivity contribution in [2.24, 2.45) is 5.92 Å². The summed E-state index contributed by atoms with van der Waals surface area (Å²) in [5.74, 6) is 0.650. The monoisotopic (exact) mass is 247 g/mol. The summed E-state index contributed by atoms with van der Waals surface area (Å²) < 4.78 is 0. The van der Waals surface area contributed by atoms with Gasteiger partial charge in [0, 0.05) is 30.9 Å². The molecule has 0 saturated carbocycles. The molecular weight excluding hydrogens is 222 g/mol. The lowest BCUT2D eigenvalue weighted by molar-refractivity contribution is 0.333. The van der Waals surface area contributed by atoms with Crippen molar-refractivity contribution in [1.29, 1.82) is 0 Å². The molecule has 0 aliphatic carbocycles. The van der Waals surface area contributed by atoms with Gasteiger partial charge in [0.25, 0.3) is 0 Å². The van der Waals surface area contributed by atoms with Crippen LogP contribution >= 0.6 is 0 Å². The van der Waals surface area contributed by atoms with Gasteiger partial charge in [-0.1, -0.05) is 20.8 Å². The summed E-state index contributed by atoms with van der Waals surface area (Å²) in [5.41, 5.74) is 2.35. The first-order valence-electron chi connectivity index (χ1n) is 7.04. The van der Waals surface area contributed by atoms with Crippen molar-refractivity contribution in [2.45, 2.75) is 46.2 Å². The average Bonchev–Trinajstić information content (AvgIpc) is 2.38. The highest BCUT2D eigenvalue weighted by Gasteiger charge is 2.29. The fraction of sp³-hybridized carbons (Fsp3) is 0.667. The minimum Gasteiger partial charge on any atom is -0.364 e. The van der Waals surface area contributed by atoms with E-state index in [1.807, 2.05) is 13.1 Å². The number of anilines is 1. The molecule has 1 aliphatic heterocycles. The summed E-state index contributed by atoms with van der Waals surface area (Å²) in [6, 6.07) is 5.48. The third-order valence-electron chi connectivity index (χ3n) is 3.92. The molecule has 1 saturated heterocycles. The minimum absolute atomic E-state index is 0.567. The number of hydrogen-bond donors (Lipinski definition) is 1. The van der Waals surface area contributed by atoms with E-state index in [1.165, 1.54) is 12.1 Å². The zero-order valence-electron chi connectivity index (χ0n) is 12.0. The normalized spacial score (nSPS) is 24.6. The van der Waals surface area contributed by atoms with Gasteiger partial charge in [0.15, 0.2) is 0 Å². The third-order valence-corrected chi connectivity index (χ3v) is 3.92. The summed E-state index contributed by atoms with van der Waals surface area (Å²) in [5, 5.41) is 3.65. The van der Waals surface area contributed by atoms with Crippen LogP contribution in [0.1, 0.15) is 32.9 Å². The van der Waals surface area contributed by atoms with E-state index in [-0.39, 0.29) is 0 Å². The maximum Gasteiger partial charge on any atom is 0.0556 e. The second-order valence-corrected chi connectivity index (χ2v) is 5.63. The Bertz CT molecular complexity index is 372. The maximum absolute atomic E-state index is 4.44. The van der Waals surface area contributed by atoms with Crippen LogP contribution in [0.3, 0.4) is 0 Å². The van der Waals surface area contributed by atoms with Crippen LogP contribution in [0.15, 0.2) is 18.3 Å². The molecule has 0 radical (unpaired) electrons. The molecule has 1 aromatic rings. The summed E-state index contributed by atoms with van der Waals surface area (Å²) >= 11 is 0. The highest BCUT2D eigenvalue weighted by Crippen LogP contribution is 2.23. The fourth-order valence-electron chi connectivity index (χ4n) is 2.63. The maximum atomic E-state index is 4.44. The lowest BCUT2D eigenvalue weighted by Gasteiger charge is -2.43. The highest BCUT2D eigenvalue weighted by molar-refractivity contribution is 5.47. The molecular formula is C15H25N3. The zero-order valence-corrected chi connectivity index (χ0v) is 12.0. The molecule has 0 aromatic carbocycles. The fourth-order valence-corrected chi connectivity index (χ4v) is 2.63. The molecule has 3 nitrogen and oxygen atoms in total. The molecule has 0 bridgehead atoms. The first-order valence-corrected chi connectivity index (χ1v) is 7.04. The quantitative estimate of drug-likeness (QED) is 0.890. The van der Waals surface area contributed by atoms with Crippen molar-refractivity contribution in [3.05, 3.63) is 24.0 Å². The Morgan fingerprint density at radius 1 is 1.44 bits per heavy atom. The molecule has 0 amide bonds. The second kappa shape index (κ2) is 5.70. The predicted octanol–water partition coefficient (Wildman–Crippen LogP) is 2.60. The smallest absolute Gasteiger partial charge is 0.0556 e. The van der Waals surface area contributed by atoms with Gasteiger partial charge in [0.1, 0.15) is 0 Å². The van der Waals surface area contributed by atoms with E-state index in [9.17, 15) is 0 Å². The first kappa shape index (κ1) is 13.3. The van der Waals surface area contributed by atoms with E-state index in [1.54, 1.807) is 0 Å². The van der Waals surface area contributed by atoms with E-state index in [0.717, 1.165) is 18.8 Å². The van der Waals surface area contributed by atoms with Gasteiger partial charge < -0.3 is 10.2 Å². The predicted molar refractivity (Wildman–Crippen MR) is 77.0 cm³/mol. The molecule has 1 fully saturated rings. The van der Waals surface area contributed by atoms with Crippen LogP contribution in [0, 0.1) is 12.8 Å². The van der Waals surface area contributed by atoms with E-state index in [2.05, 4.69) is 48.1 Å². The summed E-state index contributed by atoms with van der Waals surface area (Å²) in [6.45, 7) is 11.0. The van der Waals surface area contributed by atoms with Gasteiger partial charge in [-0.15, -0.1) is 0 Å². The zero-order chi connectivity index (χ0) is 13.1. The van der Waals surface area contributed by atoms with Gasteiger partial charge in [0.2, 0.25) is 0 Å². The molecule has 1 aromatic heterocycles. The number of nitrogens with zero attached hydrogens (tertiary/aromatic N) is 2. The molecule has 2 heterocycles. The van der Waals surface area contributed by atoms with Crippen molar-refractivity contribution >= 4 is 5.69 Å². The standard InChI is InChI=1S/C15H25N3/c1-5-13-10-18(15(9-17-13)11(2)3)14-7-6-12(4)16-8-14/h6-8,11,13,15,17H,5,9-10H2,1-4H3. The Hall–Kier alpha value is -1.09. The van der Waals surface area contributed by atoms with Gasteiger partial charge in [0.05, 0.1) is 11.9 Å². The topological polar surface area (TPSA) is 28.2 Å². The van der Waals surface area contributed by atoms with Crippen molar-refractivity contribution in [2.75, 3.05) is 18.0 Å². The molecule has 18 heavy (non-hydrogen) atoms. The van der Waals surface area contributed by atoms with Crippen LogP contribution in [0.25, 0.3) is 0 Å². The summed E-state index contributed by atoms with van der Waals surface area (Å²) in [6.07, 6.45) is 3.20. The molecule has 2 rings (SSSR count). The number of aryl methyl sites for hydroxylation is 1. The molecule has 100 valence electrons. The Morgan fingerprint density at radius 2 is 2.22 bits per heavy atom. The van der Waals surface area contributed by atoms with Crippen molar-refractivity contribution in [3.8, 4) is 0 Å². The second-order valence-electron chi connectivity index (χ2n) is 5.63. The number of pyridine rings is 1. The van der Waals surface area contributed by atoms with E-state index in [0.29, 0.717) is 18.0 Å². The number of rotatable bonds is 3. The van der Waals surface area contributed by atoms with Crippen molar-refractivity contribution in [3.63, 3.8) is 0 Å². The largest absolute Gasteiger partial charge is 0.364 e. The van der Waals surface area contributed by atoms with E-state index in [4.69, 9.17) is 0 Å². The molecule has 2 unspecified atom stereocenters. The molecule has 0 spiro atoms. The minimum atomic E-state index is 0.567. The number of aromatic nitrogens is 1. The van der Waals surface area contributed by atoms with Crippen LogP contribution in [0.4, 0.5) is 5.69 Å². The van der Waals surface area contributed by atoms with Crippen LogP contribution in [0.5, 0.6) is 0 Å². The SMILES string of the molecule is CCC1CN(c2ccc(C)nc2)C(C(C)C)CN1. The average molecular weight is 247 g/mol. The van der Waals surface area contributed by atoms with Crippen LogP contribution in [-0.4, -0.2) is 30.2 Å². The summed E-state index contributed by atoms with van der Waals surface area (Å²) in [4.78, 5) is 6.97. The number of piperazine rings is 1. The van der Waals surface area contributed by atoms with Gasteiger partial charge in [-0.05, 0) is 31.4 Å². The van der Waals surface area contributed by atoms with Gasteiger partial charge >= 0.3 is 0 Å². The van der Waals surface area contributed by atoms with Crippen molar-refractivity contribution < 1.29 is 0 Å². The molecule has 1 N–H and O–H groups in total. The van der Waals surface area contributed by atoms with E-state index >= 15 is 0 Å². The van der Waals surface area contributed by atoms with Gasteiger partial charge in [-0.2, -0.15) is 0 Å². The Kier molecular flexibility index (Phi) is 4.23. The Morgan fingerprint density at radius 3 is 2.78 bits per heavy atom. The summed E-state index contributed by atoms with van der Waals surface area (Å²) in [7, 11) is 0. The van der Waals surface area contributed by atoms with Crippen LogP contribution < -0.4 is 10.2 Å². The molecule has 2 atom stereocenters. The molecule has 1 aliphatic rings. The van der Waals surface area contributed by atoms with Crippen LogP contribution in [0.2, 0.25) is 0 Å². The van der Waals surface area contributed by atoms with Gasteiger partial charge in [-0.3, -0.25) is 4.98 Å². The van der Waals surface area contributed by atoms with Crippen LogP contribution in [-0.2, 0) is 0 Å². The number of hydrogen-bond acceptors (Lipinski definition) is 3. The lowest BCUT2D eigenvalue weighted by atomic mass is 9.97. The van der Waals surface area contributed by atoms with Crippen molar-refractivity contribution in [1.82, 2.24) is 10.3 Å².